The highest BCUT2D eigenvalue weighted by atomic mass is 32.1. The molecule has 0 amide bonds. The van der Waals surface area contributed by atoms with Crippen LogP contribution in [0.4, 0.5) is 11.5 Å². The molecule has 0 fully saturated rings. The van der Waals surface area contributed by atoms with Gasteiger partial charge in [-0.25, -0.2) is 0 Å². The first-order chi connectivity index (χ1) is 8.58. The number of nitrogens with zero attached hydrogens (tertiary/aromatic N) is 3. The molecule has 0 unspecified atom stereocenters. The molecule has 94 valence electrons. The lowest BCUT2D eigenvalue weighted by Crippen LogP contribution is -2.14. The van der Waals surface area contributed by atoms with E-state index in [-0.39, 0.29) is 4.99 Å². The van der Waals surface area contributed by atoms with Crippen molar-refractivity contribution in [2.45, 2.75) is 19.9 Å². The second-order valence-electron chi connectivity index (χ2n) is 4.16. The lowest BCUT2D eigenvalue weighted by Gasteiger charge is -2.08. The Kier molecular flexibility index (Phi) is 3.57. The summed E-state index contributed by atoms with van der Waals surface area (Å²) in [5.74, 6) is 0.745. The van der Waals surface area contributed by atoms with Gasteiger partial charge in [-0.05, 0) is 26.0 Å². The third-order valence-corrected chi connectivity index (χ3v) is 2.63. The van der Waals surface area contributed by atoms with Gasteiger partial charge in [0.05, 0.1) is 5.69 Å². The number of hydrogen-bond acceptors (Lipinski definition) is 4. The Morgan fingerprint density at radius 2 is 2.22 bits per heavy atom. The van der Waals surface area contributed by atoms with E-state index in [0.717, 1.165) is 11.5 Å². The third kappa shape index (κ3) is 2.65. The van der Waals surface area contributed by atoms with Crippen LogP contribution in [0.2, 0.25) is 0 Å². The first-order valence-electron chi connectivity index (χ1n) is 5.65. The highest BCUT2D eigenvalue weighted by Gasteiger charge is 2.08. The fourth-order valence-electron chi connectivity index (χ4n) is 1.53. The molecule has 5 nitrogen and oxygen atoms in total. The minimum absolute atomic E-state index is 0.265. The van der Waals surface area contributed by atoms with Gasteiger partial charge in [0, 0.05) is 24.5 Å². The Labute approximate surface area is 111 Å². The maximum Gasteiger partial charge on any atom is 0.152 e. The third-order valence-electron chi connectivity index (χ3n) is 2.44. The Morgan fingerprint density at radius 1 is 1.44 bits per heavy atom. The summed E-state index contributed by atoms with van der Waals surface area (Å²) in [6.07, 6.45) is 3.58. The highest BCUT2D eigenvalue weighted by molar-refractivity contribution is 7.80. The summed E-state index contributed by atoms with van der Waals surface area (Å²) in [6.45, 7) is 4.14. The molecule has 2 heterocycles. The SMILES string of the molecule is CC(C)n1ccc(Nc2cccnc2C(N)=S)n1. The first-order valence-corrected chi connectivity index (χ1v) is 6.05. The lowest BCUT2D eigenvalue weighted by molar-refractivity contribution is 0.534. The molecule has 0 saturated carbocycles. The second-order valence-corrected chi connectivity index (χ2v) is 4.60. The molecule has 0 saturated heterocycles. The Balaban J connectivity index is 2.25. The number of nitrogens with one attached hydrogen (secondary N) is 1. The largest absolute Gasteiger partial charge is 0.388 e. The number of pyridine rings is 1. The smallest absolute Gasteiger partial charge is 0.152 e. The average molecular weight is 261 g/mol. The quantitative estimate of drug-likeness (QED) is 0.826. The van der Waals surface area contributed by atoms with E-state index in [0.29, 0.717) is 11.7 Å². The first kappa shape index (κ1) is 12.5. The van der Waals surface area contributed by atoms with E-state index in [1.165, 1.54) is 0 Å². The predicted octanol–water partition coefficient (Wildman–Crippen LogP) is 2.24. The summed E-state index contributed by atoms with van der Waals surface area (Å²) in [7, 11) is 0. The van der Waals surface area contributed by atoms with E-state index < -0.39 is 0 Å². The molecule has 2 rings (SSSR count). The summed E-state index contributed by atoms with van der Waals surface area (Å²) < 4.78 is 1.87. The lowest BCUT2D eigenvalue weighted by atomic mass is 10.3. The van der Waals surface area contributed by atoms with Crippen molar-refractivity contribution in [3.05, 3.63) is 36.3 Å². The van der Waals surface area contributed by atoms with Gasteiger partial charge in [0.25, 0.3) is 0 Å². The zero-order valence-electron chi connectivity index (χ0n) is 10.3. The number of anilines is 2. The molecule has 2 aromatic rings. The van der Waals surface area contributed by atoms with Crippen molar-refractivity contribution in [2.75, 3.05) is 5.32 Å². The van der Waals surface area contributed by atoms with Crippen molar-refractivity contribution < 1.29 is 0 Å². The normalized spacial score (nSPS) is 10.6. The summed E-state index contributed by atoms with van der Waals surface area (Å²) in [5, 5.41) is 7.57. The molecule has 0 bridgehead atoms. The Morgan fingerprint density at radius 3 is 2.83 bits per heavy atom. The van der Waals surface area contributed by atoms with Crippen molar-refractivity contribution in [3.8, 4) is 0 Å². The van der Waals surface area contributed by atoms with Gasteiger partial charge in [0.15, 0.2) is 5.82 Å². The second kappa shape index (κ2) is 5.14. The van der Waals surface area contributed by atoms with Crippen LogP contribution in [0, 0.1) is 0 Å². The molecule has 6 heteroatoms. The molecule has 0 aliphatic rings. The minimum atomic E-state index is 0.265. The molecule has 0 aliphatic heterocycles. The van der Waals surface area contributed by atoms with E-state index in [1.807, 2.05) is 29.1 Å². The molecular weight excluding hydrogens is 246 g/mol. The van der Waals surface area contributed by atoms with Crippen molar-refractivity contribution in [1.82, 2.24) is 14.8 Å². The molecule has 0 atom stereocenters. The fraction of sp³-hybridized carbons (Fsp3) is 0.250. The Bertz CT molecular complexity index is 561. The van der Waals surface area contributed by atoms with E-state index >= 15 is 0 Å². The monoisotopic (exact) mass is 261 g/mol. The fourth-order valence-corrected chi connectivity index (χ4v) is 1.70. The van der Waals surface area contributed by atoms with Gasteiger partial charge in [0.2, 0.25) is 0 Å². The number of thiocarbonyl (C=S) groups is 1. The molecular formula is C12H15N5S. The maximum absolute atomic E-state index is 5.62. The average Bonchev–Trinajstić information content (AvgIpc) is 2.78. The van der Waals surface area contributed by atoms with Gasteiger partial charge in [-0.3, -0.25) is 9.67 Å². The molecule has 0 aliphatic carbocycles. The zero-order chi connectivity index (χ0) is 13.1. The van der Waals surface area contributed by atoms with Crippen LogP contribution in [-0.4, -0.2) is 19.8 Å². The molecule has 2 aromatic heterocycles. The molecule has 0 spiro atoms. The van der Waals surface area contributed by atoms with E-state index in [9.17, 15) is 0 Å². The molecule has 18 heavy (non-hydrogen) atoms. The van der Waals surface area contributed by atoms with Crippen molar-refractivity contribution >= 4 is 28.7 Å². The van der Waals surface area contributed by atoms with E-state index in [1.54, 1.807) is 6.20 Å². The molecule has 0 aromatic carbocycles. The van der Waals surface area contributed by atoms with Crippen LogP contribution in [-0.2, 0) is 0 Å². The van der Waals surface area contributed by atoms with Gasteiger partial charge in [0.1, 0.15) is 10.7 Å². The van der Waals surface area contributed by atoms with Crippen LogP contribution in [0.1, 0.15) is 25.6 Å². The van der Waals surface area contributed by atoms with Gasteiger partial charge in [-0.1, -0.05) is 12.2 Å². The van der Waals surface area contributed by atoms with Gasteiger partial charge < -0.3 is 11.1 Å². The number of hydrogen-bond donors (Lipinski definition) is 2. The number of aromatic nitrogens is 3. The van der Waals surface area contributed by atoms with Gasteiger partial charge in [-0.2, -0.15) is 5.10 Å². The van der Waals surface area contributed by atoms with Crippen molar-refractivity contribution in [2.24, 2.45) is 5.73 Å². The summed E-state index contributed by atoms with van der Waals surface area (Å²) in [6, 6.07) is 5.92. The topological polar surface area (TPSA) is 68.8 Å². The minimum Gasteiger partial charge on any atom is -0.388 e. The standard InChI is InChI=1S/C12H15N5S/c1-8(2)17-7-5-10(16-17)15-9-4-3-6-14-11(9)12(13)18/h3-8H,1-2H3,(H2,13,18)(H,15,16). The molecule has 3 N–H and O–H groups in total. The molecule has 0 radical (unpaired) electrons. The van der Waals surface area contributed by atoms with Crippen molar-refractivity contribution in [3.63, 3.8) is 0 Å². The number of nitrogens with two attached hydrogens (primary N) is 1. The van der Waals surface area contributed by atoms with Crippen LogP contribution in [0.5, 0.6) is 0 Å². The van der Waals surface area contributed by atoms with E-state index in [4.69, 9.17) is 18.0 Å². The van der Waals surface area contributed by atoms with Crippen LogP contribution >= 0.6 is 12.2 Å². The summed E-state index contributed by atoms with van der Waals surface area (Å²) in [4.78, 5) is 4.42. The van der Waals surface area contributed by atoms with Crippen molar-refractivity contribution in [1.29, 1.82) is 0 Å². The van der Waals surface area contributed by atoms with Gasteiger partial charge >= 0.3 is 0 Å². The van der Waals surface area contributed by atoms with Gasteiger partial charge in [-0.15, -0.1) is 0 Å². The van der Waals surface area contributed by atoms with Crippen LogP contribution in [0.25, 0.3) is 0 Å². The van der Waals surface area contributed by atoms with Crippen LogP contribution < -0.4 is 11.1 Å². The maximum atomic E-state index is 5.62. The summed E-state index contributed by atoms with van der Waals surface area (Å²) >= 11 is 4.96. The highest BCUT2D eigenvalue weighted by Crippen LogP contribution is 2.18. The summed E-state index contributed by atoms with van der Waals surface area (Å²) in [5.41, 5.74) is 6.96. The zero-order valence-corrected chi connectivity index (χ0v) is 11.1. The predicted molar refractivity (Wildman–Crippen MR) is 76.0 cm³/mol. The van der Waals surface area contributed by atoms with Crippen LogP contribution in [0.3, 0.4) is 0 Å². The van der Waals surface area contributed by atoms with Crippen LogP contribution in [0.15, 0.2) is 30.6 Å². The van der Waals surface area contributed by atoms with E-state index in [2.05, 4.69) is 29.2 Å². The Hall–Kier alpha value is -1.95. The number of rotatable bonds is 4.